The van der Waals surface area contributed by atoms with Gasteiger partial charge in [-0.1, -0.05) is 15.9 Å². The van der Waals surface area contributed by atoms with E-state index in [2.05, 4.69) is 15.9 Å². The third-order valence-electron chi connectivity index (χ3n) is 2.75. The zero-order chi connectivity index (χ0) is 16.4. The van der Waals surface area contributed by atoms with Crippen molar-refractivity contribution in [3.8, 4) is 11.8 Å². The van der Waals surface area contributed by atoms with E-state index < -0.39 is 55.7 Å². The molecule has 1 heterocycles. The molecule has 0 fully saturated rings. The van der Waals surface area contributed by atoms with Gasteiger partial charge in [-0.2, -0.15) is 0 Å². The van der Waals surface area contributed by atoms with Gasteiger partial charge in [-0.15, -0.1) is 0 Å². The summed E-state index contributed by atoms with van der Waals surface area (Å²) >= 11 is 2.90. The molecule has 2 unspecified atom stereocenters. The predicted molar refractivity (Wildman–Crippen MR) is 76.2 cm³/mol. The van der Waals surface area contributed by atoms with Crippen LogP contribution in [-0.4, -0.2) is 50.6 Å². The highest BCUT2D eigenvalue weighted by Crippen LogP contribution is 2.33. The van der Waals surface area contributed by atoms with Crippen LogP contribution in [-0.2, 0) is 19.4 Å². The van der Waals surface area contributed by atoms with Crippen molar-refractivity contribution in [2.24, 2.45) is 0 Å². The third-order valence-corrected chi connectivity index (χ3v) is 6.15. The number of aromatic nitrogens is 1. The summed E-state index contributed by atoms with van der Waals surface area (Å²) in [7, 11) is -4.14. The van der Waals surface area contributed by atoms with E-state index in [9.17, 15) is 28.2 Å². The smallest absolute Gasteiger partial charge is 0.306 e. The average molecular weight is 384 g/mol. The molecular weight excluding hydrogens is 370 g/mol. The summed E-state index contributed by atoms with van der Waals surface area (Å²) in [6, 6.07) is 2.08. The zero-order valence-corrected chi connectivity index (χ0v) is 13.3. The molecule has 0 radical (unpaired) electrons. The molecule has 0 aliphatic carbocycles. The second kappa shape index (κ2) is 6.48. The number of aromatic hydroxyl groups is 2. The van der Waals surface area contributed by atoms with Gasteiger partial charge in [0.1, 0.15) is 5.78 Å². The minimum atomic E-state index is -4.14. The van der Waals surface area contributed by atoms with Crippen molar-refractivity contribution in [3.05, 3.63) is 12.1 Å². The van der Waals surface area contributed by atoms with Crippen molar-refractivity contribution >= 4 is 37.5 Å². The van der Waals surface area contributed by atoms with Crippen LogP contribution < -0.4 is 0 Å². The first-order chi connectivity index (χ1) is 9.56. The Labute approximate surface area is 129 Å². The summed E-state index contributed by atoms with van der Waals surface area (Å²) in [6.07, 6.45) is -0.865. The minimum Gasteiger partial charge on any atom is -0.494 e. The standard InChI is InChI=1S/C11H14BrNO7S/c1-6(14)7(12)5-21(19,20)10(4-11(17)18)13-8(15)2-3-9(13)16/h2-3,7,10,15-16H,4-5H2,1H3,(H,17,18). The molecule has 1 aromatic rings. The summed E-state index contributed by atoms with van der Waals surface area (Å²) in [5.74, 6) is -3.69. The van der Waals surface area contributed by atoms with Crippen molar-refractivity contribution in [1.29, 1.82) is 0 Å². The van der Waals surface area contributed by atoms with Crippen molar-refractivity contribution < 1.29 is 33.3 Å². The average Bonchev–Trinajstić information content (AvgIpc) is 2.65. The number of halogens is 1. The van der Waals surface area contributed by atoms with Crippen LogP contribution in [0.15, 0.2) is 12.1 Å². The molecule has 0 aliphatic rings. The second-order valence-corrected chi connectivity index (χ2v) is 7.69. The van der Waals surface area contributed by atoms with E-state index in [1.807, 2.05) is 0 Å². The van der Waals surface area contributed by atoms with E-state index in [4.69, 9.17) is 5.11 Å². The van der Waals surface area contributed by atoms with Crippen molar-refractivity contribution in [2.45, 2.75) is 23.5 Å². The summed E-state index contributed by atoms with van der Waals surface area (Å²) < 4.78 is 25.2. The molecule has 0 aliphatic heterocycles. The van der Waals surface area contributed by atoms with E-state index in [1.165, 1.54) is 6.92 Å². The zero-order valence-electron chi connectivity index (χ0n) is 10.9. The van der Waals surface area contributed by atoms with Gasteiger partial charge in [0.05, 0.1) is 17.0 Å². The fourth-order valence-corrected chi connectivity index (χ4v) is 4.59. The molecule has 0 bridgehead atoms. The number of hydrogen-bond donors (Lipinski definition) is 3. The normalized spacial score (nSPS) is 14.6. The number of carbonyl (C=O) groups excluding carboxylic acids is 1. The van der Waals surface area contributed by atoms with Crippen LogP contribution in [0.4, 0.5) is 0 Å². The molecule has 0 amide bonds. The fraction of sp³-hybridized carbons (Fsp3) is 0.455. The minimum absolute atomic E-state index is 0.436. The molecule has 3 N–H and O–H groups in total. The number of aliphatic carboxylic acids is 1. The number of ketones is 1. The number of hydrogen-bond acceptors (Lipinski definition) is 6. The lowest BCUT2D eigenvalue weighted by atomic mass is 10.3. The first-order valence-electron chi connectivity index (χ1n) is 5.73. The topological polar surface area (TPSA) is 134 Å². The number of carbonyl (C=O) groups is 2. The van der Waals surface area contributed by atoms with Gasteiger partial charge in [-0.05, 0) is 6.92 Å². The van der Waals surface area contributed by atoms with E-state index in [0.29, 0.717) is 4.57 Å². The Kier molecular flexibility index (Phi) is 5.40. The fourth-order valence-electron chi connectivity index (χ4n) is 1.68. The van der Waals surface area contributed by atoms with Gasteiger partial charge in [0, 0.05) is 12.1 Å². The van der Waals surface area contributed by atoms with Crippen molar-refractivity contribution in [2.75, 3.05) is 5.75 Å². The van der Waals surface area contributed by atoms with E-state index in [1.54, 1.807) is 0 Å². The Morgan fingerprint density at radius 1 is 1.29 bits per heavy atom. The van der Waals surface area contributed by atoms with E-state index in [-0.39, 0.29) is 0 Å². The lowest BCUT2D eigenvalue weighted by Gasteiger charge is -2.20. The Balaban J connectivity index is 3.26. The number of carboxylic acids is 1. The van der Waals surface area contributed by atoms with E-state index >= 15 is 0 Å². The predicted octanol–water partition coefficient (Wildman–Crippen LogP) is 0.640. The monoisotopic (exact) mass is 383 g/mol. The molecular formula is C11H14BrNO7S. The van der Waals surface area contributed by atoms with Crippen LogP contribution in [0.5, 0.6) is 11.8 Å². The molecule has 21 heavy (non-hydrogen) atoms. The number of carboxylic acid groups (broad SMARTS) is 1. The van der Waals surface area contributed by atoms with Crippen LogP contribution in [0.25, 0.3) is 0 Å². The molecule has 1 aromatic heterocycles. The maximum absolute atomic E-state index is 12.3. The summed E-state index contributed by atoms with van der Waals surface area (Å²) in [4.78, 5) is 21.0. The number of nitrogens with zero attached hydrogens (tertiary/aromatic N) is 1. The molecule has 0 saturated carbocycles. The van der Waals surface area contributed by atoms with E-state index in [0.717, 1.165) is 12.1 Å². The van der Waals surface area contributed by atoms with Crippen LogP contribution in [0.2, 0.25) is 0 Å². The van der Waals surface area contributed by atoms with Crippen LogP contribution in [0.1, 0.15) is 18.7 Å². The summed E-state index contributed by atoms with van der Waals surface area (Å²) in [5.41, 5.74) is 0. The number of rotatable bonds is 7. The molecule has 10 heteroatoms. The molecule has 2 atom stereocenters. The van der Waals surface area contributed by atoms with Crippen LogP contribution >= 0.6 is 15.9 Å². The highest BCUT2D eigenvalue weighted by molar-refractivity contribution is 9.10. The Morgan fingerprint density at radius 3 is 2.14 bits per heavy atom. The summed E-state index contributed by atoms with van der Waals surface area (Å²) in [6.45, 7) is 1.19. The SMILES string of the molecule is CC(=O)C(Br)CS(=O)(=O)C(CC(=O)O)n1c(O)ccc1O. The van der Waals surface area contributed by atoms with Crippen molar-refractivity contribution in [1.82, 2.24) is 4.57 Å². The highest BCUT2D eigenvalue weighted by Gasteiger charge is 2.35. The number of alkyl halides is 1. The van der Waals surface area contributed by atoms with Gasteiger partial charge in [-0.25, -0.2) is 8.42 Å². The van der Waals surface area contributed by atoms with Gasteiger partial charge in [0.2, 0.25) is 0 Å². The molecule has 0 saturated heterocycles. The van der Waals surface area contributed by atoms with Crippen LogP contribution in [0, 0.1) is 0 Å². The maximum Gasteiger partial charge on any atom is 0.306 e. The Hall–Kier alpha value is -1.55. The molecule has 8 nitrogen and oxygen atoms in total. The summed E-state index contributed by atoms with van der Waals surface area (Å²) in [5, 5.41) is 26.3. The van der Waals surface area contributed by atoms with Gasteiger partial charge < -0.3 is 15.3 Å². The lowest BCUT2D eigenvalue weighted by Crippen LogP contribution is -2.30. The van der Waals surface area contributed by atoms with Crippen molar-refractivity contribution in [3.63, 3.8) is 0 Å². The Morgan fingerprint density at radius 2 is 1.76 bits per heavy atom. The largest absolute Gasteiger partial charge is 0.494 e. The third kappa shape index (κ3) is 4.21. The number of Topliss-reactive ketones (excluding diaryl/α,β-unsaturated/α-hetero) is 1. The first kappa shape index (κ1) is 17.5. The van der Waals surface area contributed by atoms with Gasteiger partial charge >= 0.3 is 5.97 Å². The highest BCUT2D eigenvalue weighted by atomic mass is 79.9. The molecule has 1 rings (SSSR count). The Bertz CT molecular complexity index is 632. The van der Waals surface area contributed by atoms with Crippen LogP contribution in [0.3, 0.4) is 0 Å². The molecule has 118 valence electrons. The van der Waals surface area contributed by atoms with Gasteiger partial charge in [0.15, 0.2) is 27.0 Å². The molecule has 0 spiro atoms. The van der Waals surface area contributed by atoms with Gasteiger partial charge in [0.25, 0.3) is 0 Å². The lowest BCUT2D eigenvalue weighted by molar-refractivity contribution is -0.137. The quantitative estimate of drug-likeness (QED) is 0.588. The first-order valence-corrected chi connectivity index (χ1v) is 8.36. The van der Waals surface area contributed by atoms with Gasteiger partial charge in [-0.3, -0.25) is 14.2 Å². The second-order valence-electron chi connectivity index (χ2n) is 4.38. The molecule has 0 aromatic carbocycles. The maximum atomic E-state index is 12.3. The number of sulfone groups is 1.